The molecule has 10 heteroatoms. The first-order valence-electron chi connectivity index (χ1n) is 12.4. The van der Waals surface area contributed by atoms with Crippen molar-refractivity contribution >= 4 is 11.9 Å². The van der Waals surface area contributed by atoms with E-state index < -0.39 is 41.4 Å². The summed E-state index contributed by atoms with van der Waals surface area (Å²) in [5, 5.41) is 18.5. The van der Waals surface area contributed by atoms with Crippen LogP contribution in [0.2, 0.25) is 0 Å². The molecule has 4 aromatic rings. The summed E-state index contributed by atoms with van der Waals surface area (Å²) in [6.45, 7) is 1.85. The summed E-state index contributed by atoms with van der Waals surface area (Å²) in [4.78, 5) is 26.4. The van der Waals surface area contributed by atoms with Crippen LogP contribution >= 0.6 is 0 Å². The van der Waals surface area contributed by atoms with E-state index in [0.29, 0.717) is 34.9 Å². The molecule has 0 aliphatic heterocycles. The van der Waals surface area contributed by atoms with E-state index in [-0.39, 0.29) is 18.6 Å². The Morgan fingerprint density at radius 2 is 1.45 bits per heavy atom. The SMILES string of the molecule is CCC(Oc1nc(Oc2cc(-c3cccc(CN)c3)cc(-c3cccc(CC(=O)O)c3)c2)c(F)cc1F)C(=O)O. The summed E-state index contributed by atoms with van der Waals surface area (Å²) in [6.07, 6.45) is -1.53. The molecule has 206 valence electrons. The van der Waals surface area contributed by atoms with Crippen molar-refractivity contribution in [3.63, 3.8) is 0 Å². The molecule has 1 atom stereocenters. The van der Waals surface area contributed by atoms with Crippen LogP contribution in [-0.4, -0.2) is 33.2 Å². The van der Waals surface area contributed by atoms with Crippen LogP contribution in [-0.2, 0) is 22.6 Å². The highest BCUT2D eigenvalue weighted by Gasteiger charge is 2.23. The number of halogens is 2. The third-order valence-corrected chi connectivity index (χ3v) is 6.00. The van der Waals surface area contributed by atoms with Gasteiger partial charge in [-0.1, -0.05) is 49.4 Å². The molecule has 8 nitrogen and oxygen atoms in total. The first kappa shape index (κ1) is 28.2. The monoisotopic (exact) mass is 548 g/mol. The second kappa shape index (κ2) is 12.4. The number of benzene rings is 3. The van der Waals surface area contributed by atoms with Crippen molar-refractivity contribution in [2.24, 2.45) is 5.73 Å². The second-order valence-electron chi connectivity index (χ2n) is 8.94. The van der Waals surface area contributed by atoms with E-state index in [1.165, 1.54) is 6.92 Å². The number of hydrogen-bond donors (Lipinski definition) is 3. The average Bonchev–Trinajstić information content (AvgIpc) is 2.93. The number of aromatic nitrogens is 1. The van der Waals surface area contributed by atoms with E-state index in [1.54, 1.807) is 36.4 Å². The van der Waals surface area contributed by atoms with Gasteiger partial charge in [-0.05, 0) is 64.1 Å². The van der Waals surface area contributed by atoms with Crippen molar-refractivity contribution in [3.8, 4) is 39.8 Å². The number of nitrogens with two attached hydrogens (primary N) is 1. The molecule has 0 amide bonds. The van der Waals surface area contributed by atoms with Crippen molar-refractivity contribution in [1.29, 1.82) is 0 Å². The number of aliphatic carboxylic acids is 2. The van der Waals surface area contributed by atoms with Crippen LogP contribution in [0.25, 0.3) is 22.3 Å². The minimum Gasteiger partial charge on any atom is -0.481 e. The highest BCUT2D eigenvalue weighted by Crippen LogP contribution is 2.35. The van der Waals surface area contributed by atoms with Crippen molar-refractivity contribution in [1.82, 2.24) is 4.98 Å². The van der Waals surface area contributed by atoms with Crippen LogP contribution in [0.15, 0.2) is 72.8 Å². The molecule has 40 heavy (non-hydrogen) atoms. The summed E-state index contributed by atoms with van der Waals surface area (Å²) in [5.41, 5.74) is 10.1. The molecule has 1 heterocycles. The number of ether oxygens (including phenoxy) is 2. The normalized spacial score (nSPS) is 11.6. The standard InChI is InChI=1S/C30H26F2N2O6/c1-2-26(30(37)38)40-29-25(32)15-24(31)28(34-29)39-23-13-21(19-7-3-5-17(9-19)11-27(35)36)12-22(14-23)20-8-4-6-18(10-20)16-33/h3-10,12-15,26H,2,11,16,33H2,1H3,(H,35,36)(H,37,38). The van der Waals surface area contributed by atoms with Gasteiger partial charge in [0.25, 0.3) is 11.8 Å². The third-order valence-electron chi connectivity index (χ3n) is 6.00. The quantitative estimate of drug-likeness (QED) is 0.214. The Hall–Kier alpha value is -4.83. The lowest BCUT2D eigenvalue weighted by molar-refractivity contribution is -0.145. The summed E-state index contributed by atoms with van der Waals surface area (Å²) in [5.74, 6) is -5.77. The third kappa shape index (κ3) is 6.78. The van der Waals surface area contributed by atoms with Crippen molar-refractivity contribution in [2.75, 3.05) is 0 Å². The van der Waals surface area contributed by atoms with E-state index >= 15 is 0 Å². The molecule has 0 bridgehead atoms. The molecule has 1 unspecified atom stereocenters. The summed E-state index contributed by atoms with van der Waals surface area (Å²) in [6, 6.07) is 20.0. The number of carbonyl (C=O) groups is 2. The largest absolute Gasteiger partial charge is 0.481 e. The van der Waals surface area contributed by atoms with E-state index in [4.69, 9.17) is 15.2 Å². The molecule has 0 radical (unpaired) electrons. The molecular formula is C30H26F2N2O6. The molecule has 0 fully saturated rings. The Balaban J connectivity index is 1.80. The number of carboxylic acid groups (broad SMARTS) is 2. The molecule has 0 aliphatic carbocycles. The predicted octanol–water partition coefficient (Wildman–Crippen LogP) is 5.81. The van der Waals surface area contributed by atoms with Gasteiger partial charge in [-0.15, -0.1) is 0 Å². The summed E-state index contributed by atoms with van der Waals surface area (Å²) >= 11 is 0. The second-order valence-corrected chi connectivity index (χ2v) is 8.94. The van der Waals surface area contributed by atoms with Gasteiger partial charge >= 0.3 is 11.9 Å². The van der Waals surface area contributed by atoms with Gasteiger partial charge in [-0.25, -0.2) is 13.6 Å². The minimum atomic E-state index is -1.39. The van der Waals surface area contributed by atoms with E-state index in [9.17, 15) is 28.6 Å². The Kier molecular flexibility index (Phi) is 8.70. The number of pyridine rings is 1. The number of hydrogen-bond acceptors (Lipinski definition) is 6. The fourth-order valence-corrected chi connectivity index (χ4v) is 4.05. The number of nitrogens with zero attached hydrogens (tertiary/aromatic N) is 1. The van der Waals surface area contributed by atoms with Crippen LogP contribution in [0.5, 0.6) is 17.5 Å². The summed E-state index contributed by atoms with van der Waals surface area (Å²) in [7, 11) is 0. The molecule has 0 spiro atoms. The highest BCUT2D eigenvalue weighted by molar-refractivity contribution is 5.77. The first-order valence-corrected chi connectivity index (χ1v) is 12.4. The molecule has 1 aromatic heterocycles. The van der Waals surface area contributed by atoms with E-state index in [0.717, 1.165) is 11.1 Å². The maximum absolute atomic E-state index is 14.7. The lowest BCUT2D eigenvalue weighted by Gasteiger charge is -2.15. The van der Waals surface area contributed by atoms with Gasteiger partial charge in [0, 0.05) is 12.6 Å². The van der Waals surface area contributed by atoms with Crippen LogP contribution < -0.4 is 15.2 Å². The molecule has 3 aromatic carbocycles. The Morgan fingerprint density at radius 1 is 0.850 bits per heavy atom. The van der Waals surface area contributed by atoms with Crippen molar-refractivity contribution < 1.29 is 38.1 Å². The van der Waals surface area contributed by atoms with Crippen molar-refractivity contribution in [3.05, 3.63) is 95.6 Å². The fraction of sp³-hybridized carbons (Fsp3) is 0.167. The Morgan fingerprint density at radius 3 is 2.02 bits per heavy atom. The van der Waals surface area contributed by atoms with Crippen molar-refractivity contribution in [2.45, 2.75) is 32.4 Å². The van der Waals surface area contributed by atoms with E-state index in [2.05, 4.69) is 4.98 Å². The van der Waals surface area contributed by atoms with Gasteiger partial charge in [-0.3, -0.25) is 4.79 Å². The van der Waals surface area contributed by atoms with Gasteiger partial charge in [0.05, 0.1) is 6.42 Å². The minimum absolute atomic E-state index is 0.0260. The van der Waals surface area contributed by atoms with Gasteiger partial charge in [0.15, 0.2) is 17.7 Å². The molecule has 0 aliphatic rings. The maximum atomic E-state index is 14.7. The van der Waals surface area contributed by atoms with E-state index in [1.807, 2.05) is 30.3 Å². The molecular weight excluding hydrogens is 522 g/mol. The molecule has 0 saturated heterocycles. The highest BCUT2D eigenvalue weighted by atomic mass is 19.1. The zero-order valence-electron chi connectivity index (χ0n) is 21.4. The maximum Gasteiger partial charge on any atom is 0.344 e. The Bertz CT molecular complexity index is 1560. The van der Waals surface area contributed by atoms with Gasteiger partial charge in [0.1, 0.15) is 5.75 Å². The predicted molar refractivity (Wildman–Crippen MR) is 143 cm³/mol. The Labute approximate surface area is 228 Å². The average molecular weight is 549 g/mol. The number of carboxylic acids is 2. The van der Waals surface area contributed by atoms with Gasteiger partial charge < -0.3 is 25.4 Å². The topological polar surface area (TPSA) is 132 Å². The van der Waals surface area contributed by atoms with Crippen LogP contribution in [0.1, 0.15) is 24.5 Å². The first-order chi connectivity index (χ1) is 19.2. The van der Waals surface area contributed by atoms with Crippen LogP contribution in [0.4, 0.5) is 8.78 Å². The smallest absolute Gasteiger partial charge is 0.344 e. The van der Waals surface area contributed by atoms with Gasteiger partial charge in [-0.2, -0.15) is 4.98 Å². The van der Waals surface area contributed by atoms with Gasteiger partial charge in [0.2, 0.25) is 0 Å². The molecule has 4 rings (SSSR count). The lowest BCUT2D eigenvalue weighted by atomic mass is 9.96. The fourth-order valence-electron chi connectivity index (χ4n) is 4.05. The van der Waals surface area contributed by atoms with Crippen LogP contribution in [0.3, 0.4) is 0 Å². The lowest BCUT2D eigenvalue weighted by Crippen LogP contribution is -2.26. The zero-order chi connectivity index (χ0) is 28.8. The molecule has 4 N–H and O–H groups in total. The van der Waals surface area contributed by atoms with Crippen LogP contribution in [0, 0.1) is 11.6 Å². The zero-order valence-corrected chi connectivity index (χ0v) is 21.4. The molecule has 0 saturated carbocycles. The summed E-state index contributed by atoms with van der Waals surface area (Å²) < 4.78 is 40.0. The number of rotatable bonds is 11.